The van der Waals surface area contributed by atoms with E-state index in [1.54, 1.807) is 6.92 Å². The van der Waals surface area contributed by atoms with Crippen LogP contribution in [-0.2, 0) is 0 Å². The minimum atomic E-state index is -0.312. The number of aliphatic hydroxyl groups excluding tert-OH is 1. The monoisotopic (exact) mass is 337 g/mol. The molecule has 2 rings (SSSR count). The number of hydrogen-bond acceptors (Lipinski definition) is 4. The van der Waals surface area contributed by atoms with Crippen molar-refractivity contribution in [2.24, 2.45) is 0 Å². The lowest BCUT2D eigenvalue weighted by Gasteiger charge is -2.10. The van der Waals surface area contributed by atoms with E-state index >= 15 is 0 Å². The van der Waals surface area contributed by atoms with Gasteiger partial charge in [-0.3, -0.25) is 0 Å². The molecule has 0 aliphatic rings. The molecule has 0 spiro atoms. The molecule has 0 aliphatic carbocycles. The molecule has 126 valence electrons. The highest BCUT2D eigenvalue weighted by Crippen LogP contribution is 2.24. The summed E-state index contributed by atoms with van der Waals surface area (Å²) in [4.78, 5) is 0. The number of rotatable bonds is 9. The Morgan fingerprint density at radius 1 is 1.00 bits per heavy atom. The first kappa shape index (κ1) is 19.3. The van der Waals surface area contributed by atoms with Gasteiger partial charge >= 0.3 is 0 Å². The highest BCUT2D eigenvalue weighted by molar-refractivity contribution is 5.85. The third-order valence-corrected chi connectivity index (χ3v) is 2.99. The molecule has 23 heavy (non-hydrogen) atoms. The van der Waals surface area contributed by atoms with Crippen LogP contribution in [0.3, 0.4) is 0 Å². The van der Waals surface area contributed by atoms with Gasteiger partial charge in [0.25, 0.3) is 0 Å². The topological polar surface area (TPSA) is 50.7 Å². The summed E-state index contributed by atoms with van der Waals surface area (Å²) < 4.78 is 11.5. The first-order valence-electron chi connectivity index (χ1n) is 7.58. The van der Waals surface area contributed by atoms with Gasteiger partial charge in [0.15, 0.2) is 0 Å². The van der Waals surface area contributed by atoms with E-state index in [2.05, 4.69) is 5.32 Å². The van der Waals surface area contributed by atoms with Crippen LogP contribution in [0.1, 0.15) is 13.3 Å². The maximum Gasteiger partial charge on any atom is 0.131 e. The van der Waals surface area contributed by atoms with Gasteiger partial charge in [-0.2, -0.15) is 0 Å². The van der Waals surface area contributed by atoms with Gasteiger partial charge in [0.2, 0.25) is 0 Å². The molecule has 2 aromatic rings. The van der Waals surface area contributed by atoms with Gasteiger partial charge in [0, 0.05) is 12.6 Å². The fraction of sp³-hybridized carbons (Fsp3) is 0.333. The molecule has 0 fully saturated rings. The van der Waals surface area contributed by atoms with Gasteiger partial charge in [-0.05, 0) is 44.2 Å². The van der Waals surface area contributed by atoms with Gasteiger partial charge < -0.3 is 19.9 Å². The summed E-state index contributed by atoms with van der Waals surface area (Å²) >= 11 is 0. The number of aliphatic hydroxyl groups is 1. The molecule has 1 unspecified atom stereocenters. The Bertz CT molecular complexity index is 549. The molecule has 0 amide bonds. The molecule has 5 heteroatoms. The molecule has 0 aromatic heterocycles. The van der Waals surface area contributed by atoms with Crippen LogP contribution in [-0.4, -0.2) is 30.9 Å². The number of para-hydroxylation sites is 1. The van der Waals surface area contributed by atoms with Crippen LogP contribution in [0.5, 0.6) is 17.2 Å². The Kier molecular flexibility index (Phi) is 9.14. The van der Waals surface area contributed by atoms with Crippen molar-refractivity contribution in [3.05, 3.63) is 54.6 Å². The van der Waals surface area contributed by atoms with E-state index in [-0.39, 0.29) is 18.5 Å². The Labute approximate surface area is 143 Å². The van der Waals surface area contributed by atoms with E-state index in [0.29, 0.717) is 13.2 Å². The fourth-order valence-corrected chi connectivity index (χ4v) is 1.95. The lowest BCUT2D eigenvalue weighted by atomic mass is 10.3. The number of ether oxygens (including phenoxy) is 2. The Morgan fingerprint density at radius 3 is 2.43 bits per heavy atom. The van der Waals surface area contributed by atoms with E-state index < -0.39 is 0 Å². The summed E-state index contributed by atoms with van der Waals surface area (Å²) in [5.41, 5.74) is 0. The summed E-state index contributed by atoms with van der Waals surface area (Å²) in [5, 5.41) is 12.3. The van der Waals surface area contributed by atoms with Crippen molar-refractivity contribution >= 4 is 12.4 Å². The van der Waals surface area contributed by atoms with E-state index in [9.17, 15) is 0 Å². The van der Waals surface area contributed by atoms with Crippen molar-refractivity contribution in [3.8, 4) is 17.2 Å². The summed E-state index contributed by atoms with van der Waals surface area (Å²) in [5.74, 6) is 2.36. The Morgan fingerprint density at radius 2 is 1.70 bits per heavy atom. The van der Waals surface area contributed by atoms with Crippen molar-refractivity contribution in [2.75, 3.05) is 19.7 Å². The maximum absolute atomic E-state index is 9.13. The second kappa shape index (κ2) is 10.9. The smallest absolute Gasteiger partial charge is 0.131 e. The summed E-state index contributed by atoms with van der Waals surface area (Å²) in [6, 6.07) is 17.3. The molecule has 0 bridgehead atoms. The molecule has 0 heterocycles. The van der Waals surface area contributed by atoms with Gasteiger partial charge in [-0.25, -0.2) is 0 Å². The van der Waals surface area contributed by atoms with Crippen LogP contribution in [0.4, 0.5) is 0 Å². The Hall–Kier alpha value is -1.75. The predicted octanol–water partition coefficient (Wildman–Crippen LogP) is 3.64. The fourth-order valence-electron chi connectivity index (χ4n) is 1.95. The SMILES string of the molecule is CC(O)CNCCCOc1cccc(Oc2ccccc2)c1.Cl. The summed E-state index contributed by atoms with van der Waals surface area (Å²) in [7, 11) is 0. The zero-order valence-electron chi connectivity index (χ0n) is 13.3. The first-order chi connectivity index (χ1) is 10.7. The molecule has 1 atom stereocenters. The van der Waals surface area contributed by atoms with Crippen molar-refractivity contribution in [1.82, 2.24) is 5.32 Å². The molecule has 2 aromatic carbocycles. The molecule has 2 N–H and O–H groups in total. The summed E-state index contributed by atoms with van der Waals surface area (Å²) in [6.07, 6.45) is 0.573. The van der Waals surface area contributed by atoms with Crippen LogP contribution in [0.15, 0.2) is 54.6 Å². The van der Waals surface area contributed by atoms with E-state index in [1.165, 1.54) is 0 Å². The molecular formula is C18H24ClNO3. The number of benzene rings is 2. The second-order valence-corrected chi connectivity index (χ2v) is 5.15. The van der Waals surface area contributed by atoms with Crippen LogP contribution in [0, 0.1) is 0 Å². The first-order valence-corrected chi connectivity index (χ1v) is 7.58. The van der Waals surface area contributed by atoms with Gasteiger partial charge in [0.1, 0.15) is 17.2 Å². The highest BCUT2D eigenvalue weighted by atomic mass is 35.5. The Balaban J connectivity index is 0.00000264. The number of nitrogens with one attached hydrogen (secondary N) is 1. The van der Waals surface area contributed by atoms with E-state index in [1.807, 2.05) is 54.6 Å². The van der Waals surface area contributed by atoms with E-state index in [0.717, 1.165) is 30.2 Å². The second-order valence-electron chi connectivity index (χ2n) is 5.15. The minimum absolute atomic E-state index is 0. The maximum atomic E-state index is 9.13. The van der Waals surface area contributed by atoms with Crippen molar-refractivity contribution in [3.63, 3.8) is 0 Å². The quantitative estimate of drug-likeness (QED) is 0.686. The average molecular weight is 338 g/mol. The minimum Gasteiger partial charge on any atom is -0.493 e. The lowest BCUT2D eigenvalue weighted by Crippen LogP contribution is -2.26. The van der Waals surface area contributed by atoms with Gasteiger partial charge in [-0.15, -0.1) is 12.4 Å². The zero-order valence-corrected chi connectivity index (χ0v) is 14.1. The van der Waals surface area contributed by atoms with Gasteiger partial charge in [0.05, 0.1) is 12.7 Å². The molecular weight excluding hydrogens is 314 g/mol. The van der Waals surface area contributed by atoms with Crippen molar-refractivity contribution < 1.29 is 14.6 Å². The van der Waals surface area contributed by atoms with Gasteiger partial charge in [-0.1, -0.05) is 24.3 Å². The van der Waals surface area contributed by atoms with Crippen molar-refractivity contribution in [2.45, 2.75) is 19.4 Å². The summed E-state index contributed by atoms with van der Waals surface area (Å²) in [6.45, 7) is 3.83. The van der Waals surface area contributed by atoms with Crippen LogP contribution < -0.4 is 14.8 Å². The molecule has 0 aliphatic heterocycles. The standard InChI is InChI=1S/C18H23NO3.ClH/c1-15(20)14-19-11-6-12-21-17-9-5-10-18(13-17)22-16-7-3-2-4-8-16;/h2-5,7-10,13,15,19-20H,6,11-12,14H2,1H3;1H. The van der Waals surface area contributed by atoms with Crippen LogP contribution in [0.25, 0.3) is 0 Å². The lowest BCUT2D eigenvalue weighted by molar-refractivity contribution is 0.190. The highest BCUT2D eigenvalue weighted by Gasteiger charge is 2.00. The third kappa shape index (κ3) is 7.88. The number of halogens is 1. The van der Waals surface area contributed by atoms with Crippen molar-refractivity contribution in [1.29, 1.82) is 0 Å². The van der Waals surface area contributed by atoms with Crippen LogP contribution in [0.2, 0.25) is 0 Å². The van der Waals surface area contributed by atoms with E-state index in [4.69, 9.17) is 14.6 Å². The number of hydrogen-bond donors (Lipinski definition) is 2. The predicted molar refractivity (Wildman–Crippen MR) is 94.9 cm³/mol. The largest absolute Gasteiger partial charge is 0.493 e. The zero-order chi connectivity index (χ0) is 15.6. The van der Waals surface area contributed by atoms with Crippen LogP contribution >= 0.6 is 12.4 Å². The molecule has 4 nitrogen and oxygen atoms in total. The average Bonchev–Trinajstić information content (AvgIpc) is 2.52. The normalized spacial score (nSPS) is 11.4. The molecule has 0 saturated carbocycles. The molecule has 0 saturated heterocycles. The third-order valence-electron chi connectivity index (χ3n) is 2.99. The molecule has 0 radical (unpaired) electrons.